The first-order valence-electron chi connectivity index (χ1n) is 3.73. The molecule has 0 unspecified atom stereocenters. The summed E-state index contributed by atoms with van der Waals surface area (Å²) in [4.78, 5) is 0. The summed E-state index contributed by atoms with van der Waals surface area (Å²) in [6.45, 7) is -0.0798. The maximum Gasteiger partial charge on any atom is 0.136 e. The fraction of sp³-hybridized carbons (Fsp3) is 0.111. The molecule has 0 radical (unpaired) electrons. The third-order valence-electron chi connectivity index (χ3n) is 1.75. The Morgan fingerprint density at radius 1 is 1.33 bits per heavy atom. The first kappa shape index (κ1) is 7.18. The summed E-state index contributed by atoms with van der Waals surface area (Å²) in [5.41, 5.74) is 1.65. The van der Waals surface area contributed by atoms with Gasteiger partial charge in [-0.2, -0.15) is 0 Å². The third-order valence-corrected chi connectivity index (χ3v) is 1.75. The average Bonchev–Trinajstić information content (AvgIpc) is 2.50. The van der Waals surface area contributed by atoms with Crippen LogP contribution in [0.2, 0.25) is 0 Å². The van der Waals surface area contributed by atoms with Gasteiger partial charge in [-0.1, -0.05) is 12.1 Å². The number of furan rings is 1. The zero-order valence-electron chi connectivity index (χ0n) is 6.45. The molecule has 0 saturated heterocycles. The number of anilines is 1. The van der Waals surface area contributed by atoms with Crippen LogP contribution in [-0.4, -0.2) is 11.8 Å². The smallest absolute Gasteiger partial charge is 0.136 e. The predicted molar refractivity (Wildman–Crippen MR) is 46.9 cm³/mol. The standard InChI is InChI=1S/C9H9NO2/c11-6-10-8-5-12-9-4-2-1-3-7(8)9/h1-5,10-11H,6H2. The van der Waals surface area contributed by atoms with Crippen LogP contribution in [0.15, 0.2) is 34.9 Å². The second-order valence-electron chi connectivity index (χ2n) is 2.48. The molecule has 62 valence electrons. The van der Waals surface area contributed by atoms with Gasteiger partial charge in [0.25, 0.3) is 0 Å². The van der Waals surface area contributed by atoms with Crippen LogP contribution in [0.3, 0.4) is 0 Å². The molecule has 0 atom stereocenters. The van der Waals surface area contributed by atoms with E-state index in [1.165, 1.54) is 0 Å². The Bertz CT molecular complexity index is 381. The predicted octanol–water partition coefficient (Wildman–Crippen LogP) is 1.79. The number of fused-ring (bicyclic) bond motifs is 1. The van der Waals surface area contributed by atoms with Crippen molar-refractivity contribution in [2.24, 2.45) is 0 Å². The van der Waals surface area contributed by atoms with E-state index in [1.807, 2.05) is 24.3 Å². The summed E-state index contributed by atoms with van der Waals surface area (Å²) in [7, 11) is 0. The minimum Gasteiger partial charge on any atom is -0.462 e. The van der Waals surface area contributed by atoms with E-state index >= 15 is 0 Å². The summed E-state index contributed by atoms with van der Waals surface area (Å²) in [5.74, 6) is 0. The molecule has 1 heterocycles. The molecule has 2 rings (SSSR count). The monoisotopic (exact) mass is 163 g/mol. The lowest BCUT2D eigenvalue weighted by Gasteiger charge is -1.96. The van der Waals surface area contributed by atoms with E-state index in [0.29, 0.717) is 0 Å². The first-order chi connectivity index (χ1) is 5.92. The van der Waals surface area contributed by atoms with Crippen LogP contribution in [0.4, 0.5) is 5.69 Å². The van der Waals surface area contributed by atoms with Gasteiger partial charge in [0.1, 0.15) is 18.6 Å². The summed E-state index contributed by atoms with van der Waals surface area (Å²) in [5, 5.41) is 12.4. The van der Waals surface area contributed by atoms with Gasteiger partial charge in [-0.05, 0) is 12.1 Å². The van der Waals surface area contributed by atoms with Gasteiger partial charge in [-0.15, -0.1) is 0 Å². The molecule has 3 nitrogen and oxygen atoms in total. The molecule has 12 heavy (non-hydrogen) atoms. The van der Waals surface area contributed by atoms with E-state index in [2.05, 4.69) is 5.32 Å². The lowest BCUT2D eigenvalue weighted by atomic mass is 10.2. The van der Waals surface area contributed by atoms with E-state index in [9.17, 15) is 0 Å². The van der Waals surface area contributed by atoms with Crippen LogP contribution in [0.5, 0.6) is 0 Å². The number of hydrogen-bond donors (Lipinski definition) is 2. The van der Waals surface area contributed by atoms with Gasteiger partial charge in [0, 0.05) is 5.39 Å². The van der Waals surface area contributed by atoms with E-state index < -0.39 is 0 Å². The molecule has 3 heteroatoms. The highest BCUT2D eigenvalue weighted by atomic mass is 16.3. The Morgan fingerprint density at radius 2 is 2.17 bits per heavy atom. The Labute approximate surface area is 69.6 Å². The van der Waals surface area contributed by atoms with Crippen molar-refractivity contribution in [3.8, 4) is 0 Å². The van der Waals surface area contributed by atoms with Gasteiger partial charge in [-0.3, -0.25) is 0 Å². The molecular formula is C9H9NO2. The zero-order valence-corrected chi connectivity index (χ0v) is 6.45. The Balaban J connectivity index is 2.55. The number of nitrogens with one attached hydrogen (secondary N) is 1. The fourth-order valence-corrected chi connectivity index (χ4v) is 1.20. The Hall–Kier alpha value is -1.48. The summed E-state index contributed by atoms with van der Waals surface area (Å²) in [6.07, 6.45) is 1.60. The quantitative estimate of drug-likeness (QED) is 0.663. The zero-order chi connectivity index (χ0) is 8.39. The van der Waals surface area contributed by atoms with Gasteiger partial charge in [0.2, 0.25) is 0 Å². The van der Waals surface area contributed by atoms with E-state index in [1.54, 1.807) is 6.26 Å². The van der Waals surface area contributed by atoms with Gasteiger partial charge >= 0.3 is 0 Å². The summed E-state index contributed by atoms with van der Waals surface area (Å²) >= 11 is 0. The van der Waals surface area contributed by atoms with Crippen molar-refractivity contribution in [1.82, 2.24) is 0 Å². The highest BCUT2D eigenvalue weighted by Crippen LogP contribution is 2.24. The molecule has 0 spiro atoms. The Kier molecular flexibility index (Phi) is 1.72. The lowest BCUT2D eigenvalue weighted by molar-refractivity contribution is 0.325. The van der Waals surface area contributed by atoms with Crippen molar-refractivity contribution in [3.05, 3.63) is 30.5 Å². The van der Waals surface area contributed by atoms with Crippen molar-refractivity contribution in [1.29, 1.82) is 0 Å². The SMILES string of the molecule is OCNc1coc2ccccc12. The molecule has 1 aromatic carbocycles. The van der Waals surface area contributed by atoms with E-state index in [-0.39, 0.29) is 6.73 Å². The second-order valence-corrected chi connectivity index (χ2v) is 2.48. The normalized spacial score (nSPS) is 10.4. The number of rotatable bonds is 2. The molecule has 0 fully saturated rings. The van der Waals surface area contributed by atoms with Gasteiger partial charge in [-0.25, -0.2) is 0 Å². The molecular weight excluding hydrogens is 154 g/mol. The van der Waals surface area contributed by atoms with Gasteiger partial charge in [0.15, 0.2) is 0 Å². The molecule has 0 bridgehead atoms. The van der Waals surface area contributed by atoms with Crippen LogP contribution in [-0.2, 0) is 0 Å². The number of aliphatic hydroxyl groups excluding tert-OH is 1. The van der Waals surface area contributed by atoms with Crippen molar-refractivity contribution >= 4 is 16.7 Å². The average molecular weight is 163 g/mol. The van der Waals surface area contributed by atoms with Crippen LogP contribution < -0.4 is 5.32 Å². The minimum atomic E-state index is -0.0798. The van der Waals surface area contributed by atoms with Crippen LogP contribution >= 0.6 is 0 Å². The van der Waals surface area contributed by atoms with Gasteiger partial charge < -0.3 is 14.8 Å². The molecule has 0 aliphatic heterocycles. The topological polar surface area (TPSA) is 45.4 Å². The molecule has 0 saturated carbocycles. The largest absolute Gasteiger partial charge is 0.462 e. The summed E-state index contributed by atoms with van der Waals surface area (Å²) < 4.78 is 5.23. The lowest BCUT2D eigenvalue weighted by Crippen LogP contribution is -1.97. The maximum absolute atomic E-state index is 8.64. The Morgan fingerprint density at radius 3 is 3.00 bits per heavy atom. The van der Waals surface area contributed by atoms with E-state index in [0.717, 1.165) is 16.7 Å². The van der Waals surface area contributed by atoms with Crippen LogP contribution in [0, 0.1) is 0 Å². The highest BCUT2D eigenvalue weighted by Gasteiger charge is 2.01. The van der Waals surface area contributed by atoms with Crippen molar-refractivity contribution < 1.29 is 9.52 Å². The molecule has 0 amide bonds. The van der Waals surface area contributed by atoms with Crippen molar-refractivity contribution in [3.63, 3.8) is 0 Å². The molecule has 0 aliphatic carbocycles. The number of aliphatic hydroxyl groups is 1. The van der Waals surface area contributed by atoms with Crippen molar-refractivity contribution in [2.45, 2.75) is 0 Å². The van der Waals surface area contributed by atoms with Crippen molar-refractivity contribution in [2.75, 3.05) is 12.0 Å². The highest BCUT2D eigenvalue weighted by molar-refractivity contribution is 5.90. The minimum absolute atomic E-state index is 0.0798. The maximum atomic E-state index is 8.64. The van der Waals surface area contributed by atoms with E-state index in [4.69, 9.17) is 9.52 Å². The van der Waals surface area contributed by atoms with Crippen LogP contribution in [0.25, 0.3) is 11.0 Å². The molecule has 1 aromatic heterocycles. The number of para-hydroxylation sites is 1. The molecule has 2 aromatic rings. The van der Waals surface area contributed by atoms with Gasteiger partial charge in [0.05, 0.1) is 5.69 Å². The molecule has 0 aliphatic rings. The third kappa shape index (κ3) is 1.04. The number of benzene rings is 1. The van der Waals surface area contributed by atoms with Crippen LogP contribution in [0.1, 0.15) is 0 Å². The summed E-state index contributed by atoms with van der Waals surface area (Å²) in [6, 6.07) is 7.67. The molecule has 2 N–H and O–H groups in total. The second kappa shape index (κ2) is 2.87. The first-order valence-corrected chi connectivity index (χ1v) is 3.73. The number of hydrogen-bond acceptors (Lipinski definition) is 3. The fourth-order valence-electron chi connectivity index (χ4n) is 1.20.